The summed E-state index contributed by atoms with van der Waals surface area (Å²) < 4.78 is 4.52. The van der Waals surface area contributed by atoms with Crippen molar-refractivity contribution in [2.45, 2.75) is 0 Å². The molecule has 0 atom stereocenters. The van der Waals surface area contributed by atoms with Crippen LogP contribution >= 0.6 is 0 Å². The van der Waals surface area contributed by atoms with Gasteiger partial charge in [0, 0.05) is 11.5 Å². The number of hydrogen-bond acceptors (Lipinski definition) is 5. The summed E-state index contributed by atoms with van der Waals surface area (Å²) in [4.78, 5) is 15.3. The Labute approximate surface area is 96.9 Å². The summed E-state index contributed by atoms with van der Waals surface area (Å²) in [5, 5.41) is 19.0. The summed E-state index contributed by atoms with van der Waals surface area (Å²) in [7, 11) is 1.23. The third kappa shape index (κ3) is 1.88. The zero-order chi connectivity index (χ0) is 12.4. The first-order valence-corrected chi connectivity index (χ1v) is 4.78. The summed E-state index contributed by atoms with van der Waals surface area (Å²) in [6.45, 7) is 0. The van der Waals surface area contributed by atoms with E-state index < -0.39 is 5.97 Å². The van der Waals surface area contributed by atoms with Crippen LogP contribution in [-0.2, 0) is 4.74 Å². The molecule has 0 unspecified atom stereocenters. The van der Waals surface area contributed by atoms with Crippen LogP contribution in [0.1, 0.15) is 16.1 Å². The minimum Gasteiger partial charge on any atom is -0.507 e. The molecule has 0 radical (unpaired) electrons. The lowest BCUT2D eigenvalue weighted by Gasteiger charge is -2.04. The van der Waals surface area contributed by atoms with Crippen LogP contribution in [0.25, 0.3) is 10.9 Å². The van der Waals surface area contributed by atoms with Crippen LogP contribution in [0.15, 0.2) is 24.3 Å². The van der Waals surface area contributed by atoms with Crippen molar-refractivity contribution in [1.82, 2.24) is 4.98 Å². The average molecular weight is 228 g/mol. The van der Waals surface area contributed by atoms with Gasteiger partial charge in [0.05, 0.1) is 24.3 Å². The van der Waals surface area contributed by atoms with Crippen molar-refractivity contribution in [3.05, 3.63) is 35.5 Å². The normalized spacial score (nSPS) is 9.88. The topological polar surface area (TPSA) is 83.2 Å². The van der Waals surface area contributed by atoms with E-state index >= 15 is 0 Å². The number of benzene rings is 1. The summed E-state index contributed by atoms with van der Waals surface area (Å²) >= 11 is 0. The molecule has 0 saturated carbocycles. The molecule has 0 amide bonds. The third-order valence-corrected chi connectivity index (χ3v) is 2.31. The van der Waals surface area contributed by atoms with Crippen LogP contribution in [-0.4, -0.2) is 23.2 Å². The Hall–Kier alpha value is -2.61. The number of ether oxygens (including phenoxy) is 1. The second-order valence-electron chi connectivity index (χ2n) is 3.36. The van der Waals surface area contributed by atoms with Gasteiger partial charge in [-0.05, 0) is 18.2 Å². The largest absolute Gasteiger partial charge is 0.507 e. The fourth-order valence-corrected chi connectivity index (χ4v) is 1.49. The van der Waals surface area contributed by atoms with Gasteiger partial charge in [0.15, 0.2) is 5.69 Å². The van der Waals surface area contributed by atoms with E-state index in [1.165, 1.54) is 19.2 Å². The maximum absolute atomic E-state index is 11.3. The standard InChI is InChI=1S/C12H8N2O3/c1-17-12(16)10-5-11(15)8-3-2-7(6-13)4-9(8)14-10/h2-5H,1H3,(H,14,15). The second-order valence-corrected chi connectivity index (χ2v) is 3.36. The Kier molecular flexibility index (Phi) is 2.63. The van der Waals surface area contributed by atoms with E-state index in [1.54, 1.807) is 12.1 Å². The highest BCUT2D eigenvalue weighted by molar-refractivity contribution is 5.94. The third-order valence-electron chi connectivity index (χ3n) is 2.31. The number of rotatable bonds is 1. The molecule has 2 rings (SSSR count). The monoisotopic (exact) mass is 228 g/mol. The lowest BCUT2D eigenvalue weighted by atomic mass is 10.1. The second kappa shape index (κ2) is 4.10. The van der Waals surface area contributed by atoms with Gasteiger partial charge in [-0.15, -0.1) is 0 Å². The first-order valence-electron chi connectivity index (χ1n) is 4.78. The maximum Gasteiger partial charge on any atom is 0.356 e. The summed E-state index contributed by atoms with van der Waals surface area (Å²) in [5.41, 5.74) is 0.795. The molecule has 0 bridgehead atoms. The number of esters is 1. The lowest BCUT2D eigenvalue weighted by Crippen LogP contribution is -2.04. The molecule has 5 heteroatoms. The highest BCUT2D eigenvalue weighted by atomic mass is 16.5. The number of aromatic hydroxyl groups is 1. The van der Waals surface area contributed by atoms with Gasteiger partial charge in [-0.1, -0.05) is 0 Å². The van der Waals surface area contributed by atoms with E-state index in [0.29, 0.717) is 16.5 Å². The number of aromatic nitrogens is 1. The number of pyridine rings is 1. The van der Waals surface area contributed by atoms with Crippen molar-refractivity contribution in [2.75, 3.05) is 7.11 Å². The SMILES string of the molecule is COC(=O)c1cc(O)c2ccc(C#N)cc2n1. The molecule has 2 aromatic rings. The molecular formula is C12H8N2O3. The molecule has 0 aliphatic carbocycles. The predicted octanol–water partition coefficient (Wildman–Crippen LogP) is 1.60. The molecule has 1 N–H and O–H groups in total. The van der Waals surface area contributed by atoms with Gasteiger partial charge in [0.2, 0.25) is 0 Å². The van der Waals surface area contributed by atoms with E-state index in [9.17, 15) is 9.90 Å². The molecule has 1 aromatic heterocycles. The molecule has 0 fully saturated rings. The number of nitrogens with zero attached hydrogens (tertiary/aromatic N) is 2. The zero-order valence-electron chi connectivity index (χ0n) is 8.97. The van der Waals surface area contributed by atoms with Crippen LogP contribution in [0.3, 0.4) is 0 Å². The Balaban J connectivity index is 2.70. The predicted molar refractivity (Wildman–Crippen MR) is 59.5 cm³/mol. The van der Waals surface area contributed by atoms with Gasteiger partial charge < -0.3 is 9.84 Å². The smallest absolute Gasteiger partial charge is 0.356 e. The summed E-state index contributed by atoms with van der Waals surface area (Å²) in [6, 6.07) is 7.85. The van der Waals surface area contributed by atoms with Crippen LogP contribution in [0.2, 0.25) is 0 Å². The molecule has 0 spiro atoms. The highest BCUT2D eigenvalue weighted by Crippen LogP contribution is 2.25. The zero-order valence-corrected chi connectivity index (χ0v) is 8.97. The molecule has 0 aliphatic heterocycles. The summed E-state index contributed by atoms with van der Waals surface area (Å²) in [6.07, 6.45) is 0. The fourth-order valence-electron chi connectivity index (χ4n) is 1.49. The molecule has 1 heterocycles. The number of nitriles is 1. The van der Waals surface area contributed by atoms with Crippen molar-refractivity contribution in [3.8, 4) is 11.8 Å². The minimum absolute atomic E-state index is 0.00703. The van der Waals surface area contributed by atoms with E-state index in [2.05, 4.69) is 9.72 Å². The number of fused-ring (bicyclic) bond motifs is 1. The number of carbonyl (C=O) groups is 1. The van der Waals surface area contributed by atoms with Crippen LogP contribution in [0, 0.1) is 11.3 Å². The Morgan fingerprint density at radius 3 is 2.88 bits per heavy atom. The van der Waals surface area contributed by atoms with Crippen molar-refractivity contribution < 1.29 is 14.6 Å². The Morgan fingerprint density at radius 1 is 1.47 bits per heavy atom. The average Bonchev–Trinajstić information content (AvgIpc) is 2.36. The van der Waals surface area contributed by atoms with Gasteiger partial charge in [-0.2, -0.15) is 5.26 Å². The quantitative estimate of drug-likeness (QED) is 0.749. The van der Waals surface area contributed by atoms with E-state index in [1.807, 2.05) is 6.07 Å². The number of carbonyl (C=O) groups excluding carboxylic acids is 1. The van der Waals surface area contributed by atoms with Crippen LogP contribution in [0.4, 0.5) is 0 Å². The van der Waals surface area contributed by atoms with Crippen molar-refractivity contribution in [3.63, 3.8) is 0 Å². The lowest BCUT2D eigenvalue weighted by molar-refractivity contribution is 0.0594. The first kappa shape index (κ1) is 10.9. The molecule has 84 valence electrons. The van der Waals surface area contributed by atoms with Crippen molar-refractivity contribution in [1.29, 1.82) is 5.26 Å². The summed E-state index contributed by atoms with van der Waals surface area (Å²) in [5.74, 6) is -0.704. The minimum atomic E-state index is -0.635. The fraction of sp³-hybridized carbons (Fsp3) is 0.0833. The highest BCUT2D eigenvalue weighted by Gasteiger charge is 2.12. The first-order chi connectivity index (χ1) is 8.15. The molecule has 1 aromatic carbocycles. The number of methoxy groups -OCH3 is 1. The van der Waals surface area contributed by atoms with E-state index in [-0.39, 0.29) is 11.4 Å². The van der Waals surface area contributed by atoms with Gasteiger partial charge in [-0.3, -0.25) is 0 Å². The van der Waals surface area contributed by atoms with Crippen molar-refractivity contribution >= 4 is 16.9 Å². The van der Waals surface area contributed by atoms with Gasteiger partial charge in [0.1, 0.15) is 5.75 Å². The van der Waals surface area contributed by atoms with Crippen molar-refractivity contribution in [2.24, 2.45) is 0 Å². The Morgan fingerprint density at radius 2 is 2.24 bits per heavy atom. The van der Waals surface area contributed by atoms with Crippen LogP contribution in [0.5, 0.6) is 5.75 Å². The van der Waals surface area contributed by atoms with Crippen LogP contribution < -0.4 is 0 Å². The Bertz CT molecular complexity index is 644. The number of hydrogen-bond donors (Lipinski definition) is 1. The molecular weight excluding hydrogens is 220 g/mol. The van der Waals surface area contributed by atoms with E-state index in [0.717, 1.165) is 0 Å². The molecule has 0 saturated heterocycles. The van der Waals surface area contributed by atoms with Gasteiger partial charge >= 0.3 is 5.97 Å². The molecule has 5 nitrogen and oxygen atoms in total. The van der Waals surface area contributed by atoms with Gasteiger partial charge in [0.25, 0.3) is 0 Å². The molecule has 0 aliphatic rings. The van der Waals surface area contributed by atoms with Gasteiger partial charge in [-0.25, -0.2) is 9.78 Å². The molecule has 17 heavy (non-hydrogen) atoms. The maximum atomic E-state index is 11.3. The van der Waals surface area contributed by atoms with E-state index in [4.69, 9.17) is 5.26 Å².